The summed E-state index contributed by atoms with van der Waals surface area (Å²) in [5.74, 6) is 0.440. The van der Waals surface area contributed by atoms with Gasteiger partial charge in [-0.25, -0.2) is 4.98 Å². The maximum atomic E-state index is 12.4. The van der Waals surface area contributed by atoms with Crippen LogP contribution in [0, 0.1) is 24.2 Å². The highest BCUT2D eigenvalue weighted by atomic mass is 16.2. The van der Waals surface area contributed by atoms with E-state index in [9.17, 15) is 4.79 Å². The lowest BCUT2D eigenvalue weighted by Crippen LogP contribution is -2.34. The van der Waals surface area contributed by atoms with Crippen molar-refractivity contribution in [3.8, 4) is 6.07 Å². The average Bonchev–Trinajstić information content (AvgIpc) is 2.42. The number of amides is 1. The van der Waals surface area contributed by atoms with Crippen molar-refractivity contribution in [3.05, 3.63) is 23.4 Å². The van der Waals surface area contributed by atoms with Crippen molar-refractivity contribution in [1.29, 1.82) is 5.26 Å². The van der Waals surface area contributed by atoms with Crippen LogP contribution in [0.25, 0.3) is 0 Å². The van der Waals surface area contributed by atoms with Gasteiger partial charge in [-0.05, 0) is 32.9 Å². The van der Waals surface area contributed by atoms with Crippen molar-refractivity contribution in [3.63, 3.8) is 0 Å². The Kier molecular flexibility index (Phi) is 5.31. The van der Waals surface area contributed by atoms with Crippen LogP contribution in [0.4, 0.5) is 5.82 Å². The minimum absolute atomic E-state index is 0.0633. The molecular formula is C14H20N4O. The van der Waals surface area contributed by atoms with E-state index in [1.807, 2.05) is 20.8 Å². The van der Waals surface area contributed by atoms with E-state index in [1.165, 1.54) is 0 Å². The maximum Gasteiger partial charge on any atom is 0.254 e. The first-order valence-corrected chi connectivity index (χ1v) is 6.37. The molecule has 1 atom stereocenters. The number of nitrogens with one attached hydrogen (secondary N) is 1. The van der Waals surface area contributed by atoms with E-state index in [1.54, 1.807) is 24.1 Å². The number of nitriles is 1. The van der Waals surface area contributed by atoms with Crippen LogP contribution < -0.4 is 5.32 Å². The SMILES string of the molecule is CCN(CC(C)C#N)C(=O)c1cc(C)nc(NC)c1. The molecule has 1 heterocycles. The zero-order valence-corrected chi connectivity index (χ0v) is 11.9. The molecule has 0 aliphatic carbocycles. The van der Waals surface area contributed by atoms with Gasteiger partial charge in [0, 0.05) is 31.4 Å². The van der Waals surface area contributed by atoms with Gasteiger partial charge < -0.3 is 10.2 Å². The van der Waals surface area contributed by atoms with Crippen LogP contribution in [-0.4, -0.2) is 35.9 Å². The molecule has 5 nitrogen and oxygen atoms in total. The van der Waals surface area contributed by atoms with Gasteiger partial charge in [0.15, 0.2) is 0 Å². The molecule has 1 N–H and O–H groups in total. The topological polar surface area (TPSA) is 69.0 Å². The summed E-state index contributed by atoms with van der Waals surface area (Å²) in [6.45, 7) is 6.61. The molecule has 1 aromatic heterocycles. The Bertz CT molecular complexity index is 493. The molecule has 1 amide bonds. The Hall–Kier alpha value is -2.09. The van der Waals surface area contributed by atoms with Gasteiger partial charge in [-0.1, -0.05) is 0 Å². The number of hydrogen-bond acceptors (Lipinski definition) is 4. The van der Waals surface area contributed by atoms with Gasteiger partial charge in [-0.15, -0.1) is 0 Å². The molecule has 0 spiro atoms. The lowest BCUT2D eigenvalue weighted by Gasteiger charge is -2.22. The lowest BCUT2D eigenvalue weighted by atomic mass is 10.1. The molecule has 19 heavy (non-hydrogen) atoms. The monoisotopic (exact) mass is 260 g/mol. The molecule has 0 fully saturated rings. The third-order valence-electron chi connectivity index (χ3n) is 2.84. The molecule has 0 bridgehead atoms. The minimum atomic E-state index is -0.171. The predicted octanol–water partition coefficient (Wildman–Crippen LogP) is 2.05. The summed E-state index contributed by atoms with van der Waals surface area (Å²) >= 11 is 0. The van der Waals surface area contributed by atoms with E-state index in [4.69, 9.17) is 5.26 Å². The summed E-state index contributed by atoms with van der Waals surface area (Å²) in [5, 5.41) is 11.8. The highest BCUT2D eigenvalue weighted by molar-refractivity contribution is 5.95. The zero-order chi connectivity index (χ0) is 14.4. The van der Waals surface area contributed by atoms with Crippen LogP contribution in [-0.2, 0) is 0 Å². The third kappa shape index (κ3) is 3.95. The maximum absolute atomic E-state index is 12.4. The summed E-state index contributed by atoms with van der Waals surface area (Å²) in [4.78, 5) is 18.4. The molecule has 1 unspecified atom stereocenters. The van der Waals surface area contributed by atoms with Crippen molar-refractivity contribution in [2.24, 2.45) is 5.92 Å². The van der Waals surface area contributed by atoms with Gasteiger partial charge >= 0.3 is 0 Å². The molecule has 102 valence electrons. The van der Waals surface area contributed by atoms with Crippen molar-refractivity contribution in [2.45, 2.75) is 20.8 Å². The van der Waals surface area contributed by atoms with Gasteiger partial charge in [0.05, 0.1) is 12.0 Å². The quantitative estimate of drug-likeness (QED) is 0.879. The van der Waals surface area contributed by atoms with Crippen LogP contribution >= 0.6 is 0 Å². The van der Waals surface area contributed by atoms with E-state index in [-0.39, 0.29) is 11.8 Å². The summed E-state index contributed by atoms with van der Waals surface area (Å²) in [6, 6.07) is 5.65. The number of aryl methyl sites for hydroxylation is 1. The first-order chi connectivity index (χ1) is 9.01. The molecule has 1 rings (SSSR count). The van der Waals surface area contributed by atoms with Gasteiger partial charge in [-0.2, -0.15) is 5.26 Å². The Balaban J connectivity index is 2.97. The fourth-order valence-corrected chi connectivity index (χ4v) is 1.83. The Labute approximate surface area is 114 Å². The minimum Gasteiger partial charge on any atom is -0.373 e. The largest absolute Gasteiger partial charge is 0.373 e. The number of carbonyl (C=O) groups excluding carboxylic acids is 1. The number of carbonyl (C=O) groups is 1. The number of pyridine rings is 1. The molecule has 0 saturated heterocycles. The summed E-state index contributed by atoms with van der Waals surface area (Å²) < 4.78 is 0. The Morgan fingerprint density at radius 1 is 1.58 bits per heavy atom. The van der Waals surface area contributed by atoms with Crippen molar-refractivity contribution in [1.82, 2.24) is 9.88 Å². The molecular weight excluding hydrogens is 240 g/mol. The van der Waals surface area contributed by atoms with Crippen LogP contribution in [0.5, 0.6) is 0 Å². The second-order valence-electron chi connectivity index (χ2n) is 4.51. The summed E-state index contributed by atoms with van der Waals surface area (Å²) in [5.41, 5.74) is 1.39. The van der Waals surface area contributed by atoms with Crippen molar-refractivity contribution in [2.75, 3.05) is 25.5 Å². The Morgan fingerprint density at radius 3 is 2.79 bits per heavy atom. The van der Waals surface area contributed by atoms with Gasteiger partial charge in [0.1, 0.15) is 5.82 Å². The number of aromatic nitrogens is 1. The summed E-state index contributed by atoms with van der Waals surface area (Å²) in [7, 11) is 1.77. The van der Waals surface area contributed by atoms with Crippen LogP contribution in [0.1, 0.15) is 29.9 Å². The standard InChI is InChI=1S/C14H20N4O/c1-5-18(9-10(2)8-15)14(19)12-6-11(3)17-13(7-12)16-4/h6-7,10H,5,9H2,1-4H3,(H,16,17). The second-order valence-corrected chi connectivity index (χ2v) is 4.51. The number of nitrogens with zero attached hydrogens (tertiary/aromatic N) is 3. The van der Waals surface area contributed by atoms with Crippen LogP contribution in [0.3, 0.4) is 0 Å². The normalized spacial score (nSPS) is 11.5. The lowest BCUT2D eigenvalue weighted by molar-refractivity contribution is 0.0752. The van der Waals surface area contributed by atoms with E-state index in [0.29, 0.717) is 24.5 Å². The highest BCUT2D eigenvalue weighted by Gasteiger charge is 2.17. The fourth-order valence-electron chi connectivity index (χ4n) is 1.83. The van der Waals surface area contributed by atoms with E-state index >= 15 is 0 Å². The molecule has 0 aliphatic heterocycles. The first-order valence-electron chi connectivity index (χ1n) is 6.37. The van der Waals surface area contributed by atoms with E-state index < -0.39 is 0 Å². The van der Waals surface area contributed by atoms with Gasteiger partial charge in [0.2, 0.25) is 0 Å². The van der Waals surface area contributed by atoms with Gasteiger partial charge in [-0.3, -0.25) is 4.79 Å². The van der Waals surface area contributed by atoms with Crippen LogP contribution in [0.2, 0.25) is 0 Å². The molecule has 1 aromatic rings. The molecule has 0 saturated carbocycles. The Morgan fingerprint density at radius 2 is 2.26 bits per heavy atom. The third-order valence-corrected chi connectivity index (χ3v) is 2.84. The molecule has 0 radical (unpaired) electrons. The highest BCUT2D eigenvalue weighted by Crippen LogP contribution is 2.13. The van der Waals surface area contributed by atoms with Gasteiger partial charge in [0.25, 0.3) is 5.91 Å². The number of anilines is 1. The van der Waals surface area contributed by atoms with Crippen molar-refractivity contribution < 1.29 is 4.79 Å². The first kappa shape index (κ1) is 15.0. The van der Waals surface area contributed by atoms with E-state index in [0.717, 1.165) is 5.69 Å². The molecule has 0 aliphatic rings. The smallest absolute Gasteiger partial charge is 0.254 e. The second kappa shape index (κ2) is 6.74. The van der Waals surface area contributed by atoms with Crippen LogP contribution in [0.15, 0.2) is 12.1 Å². The predicted molar refractivity (Wildman–Crippen MR) is 74.9 cm³/mol. The van der Waals surface area contributed by atoms with E-state index in [2.05, 4.69) is 16.4 Å². The summed E-state index contributed by atoms with van der Waals surface area (Å²) in [6.07, 6.45) is 0. The number of rotatable bonds is 5. The van der Waals surface area contributed by atoms with Crippen molar-refractivity contribution >= 4 is 11.7 Å². The fraction of sp³-hybridized carbons (Fsp3) is 0.500. The average molecular weight is 260 g/mol. The molecule has 0 aromatic carbocycles. The zero-order valence-electron chi connectivity index (χ0n) is 11.9. The number of hydrogen-bond donors (Lipinski definition) is 1. The molecule has 5 heteroatoms.